The van der Waals surface area contributed by atoms with Gasteiger partial charge in [-0.3, -0.25) is 15.0 Å². The van der Waals surface area contributed by atoms with Crippen molar-refractivity contribution in [2.24, 2.45) is 11.0 Å². The summed E-state index contributed by atoms with van der Waals surface area (Å²) in [5.41, 5.74) is 18.6. The maximum Gasteiger partial charge on any atom is 0.240 e. The molecule has 0 fully saturated rings. The summed E-state index contributed by atoms with van der Waals surface area (Å²) in [4.78, 5) is 35.0. The first-order chi connectivity index (χ1) is 20.1. The lowest BCUT2D eigenvalue weighted by atomic mass is 9.77. The quantitative estimate of drug-likeness (QED) is 0.211. The molecule has 7 N–H and O–H groups in total. The van der Waals surface area contributed by atoms with Gasteiger partial charge in [0.05, 0.1) is 12.1 Å². The Morgan fingerprint density at radius 1 is 1.24 bits per heavy atom. The second kappa shape index (κ2) is 13.0. The fourth-order valence-corrected chi connectivity index (χ4v) is 5.33. The number of nitrogen functional groups attached to an aromatic ring is 1. The molecule has 2 aliphatic rings. The lowest BCUT2D eigenvalue weighted by molar-refractivity contribution is -0.121. The van der Waals surface area contributed by atoms with Crippen LogP contribution in [0.3, 0.4) is 0 Å². The van der Waals surface area contributed by atoms with Crippen LogP contribution in [-0.2, 0) is 21.4 Å². The van der Waals surface area contributed by atoms with Crippen LogP contribution in [0.4, 0.5) is 11.6 Å². The Morgan fingerprint density at radius 3 is 2.62 bits per heavy atom. The predicted octanol–water partition coefficient (Wildman–Crippen LogP) is 3.63. The standard InChI is InChI=1S/C31H41N9O2/c1-7-9-18(3)19(4)23(10-8-2)20(5)28-34-27(32)26-29(35-28)36-30(42)31(26,6)22-14-11-21(12-15-22)13-16-25(41)33-17-24-37-39-40-38-24/h8,10-12,14-15,18,39-40H,5,7,9,13,16-17H2,1-4,6H3,(H,33,41)(H,37,38)(H3,32,34,35,36,42)/b10-8-,23-19-/t18?,31-/m0/s1. The van der Waals surface area contributed by atoms with Crippen LogP contribution < -0.4 is 32.9 Å². The number of nitrogens with two attached hydrogens (primary N) is 1. The molecule has 2 atom stereocenters. The van der Waals surface area contributed by atoms with Crippen LogP contribution in [0.2, 0.25) is 0 Å². The minimum absolute atomic E-state index is 0.0868. The minimum Gasteiger partial charge on any atom is -0.383 e. The number of benzene rings is 1. The number of anilines is 2. The summed E-state index contributed by atoms with van der Waals surface area (Å²) in [6, 6.07) is 7.65. The number of hydrogen-bond donors (Lipinski definition) is 6. The van der Waals surface area contributed by atoms with Crippen LogP contribution >= 0.6 is 0 Å². The van der Waals surface area contributed by atoms with Gasteiger partial charge in [0.25, 0.3) is 0 Å². The number of hydrazone groups is 1. The van der Waals surface area contributed by atoms with Gasteiger partial charge in [-0.2, -0.15) is 0 Å². The molecule has 2 amide bonds. The van der Waals surface area contributed by atoms with Gasteiger partial charge >= 0.3 is 0 Å². The summed E-state index contributed by atoms with van der Waals surface area (Å²) in [6.07, 6.45) is 7.03. The van der Waals surface area contributed by atoms with Gasteiger partial charge in [0.1, 0.15) is 17.1 Å². The molecule has 3 heterocycles. The molecule has 0 aliphatic carbocycles. The number of nitrogens with one attached hydrogen (secondary N) is 5. The Morgan fingerprint density at radius 2 is 1.98 bits per heavy atom. The molecule has 4 rings (SSSR count). The molecule has 2 aliphatic heterocycles. The van der Waals surface area contributed by atoms with Crippen molar-refractivity contribution in [2.45, 2.75) is 65.7 Å². The second-order valence-electron chi connectivity index (χ2n) is 10.9. The van der Waals surface area contributed by atoms with Crippen molar-refractivity contribution in [2.75, 3.05) is 17.6 Å². The Labute approximate surface area is 247 Å². The average molecular weight is 572 g/mol. The average Bonchev–Trinajstić information content (AvgIpc) is 3.59. The number of fused-ring (bicyclic) bond motifs is 1. The monoisotopic (exact) mass is 571 g/mol. The van der Waals surface area contributed by atoms with E-state index >= 15 is 0 Å². The normalized spacial score (nSPS) is 18.9. The molecular weight excluding hydrogens is 530 g/mol. The van der Waals surface area contributed by atoms with Crippen molar-refractivity contribution < 1.29 is 9.59 Å². The summed E-state index contributed by atoms with van der Waals surface area (Å²) in [5.74, 6) is 1.70. The zero-order valence-corrected chi connectivity index (χ0v) is 25.0. The Balaban J connectivity index is 1.53. The first-order valence-electron chi connectivity index (χ1n) is 14.3. The summed E-state index contributed by atoms with van der Waals surface area (Å²) < 4.78 is 0. The molecule has 222 valence electrons. The van der Waals surface area contributed by atoms with Gasteiger partial charge in [-0.25, -0.2) is 15.5 Å². The number of allylic oxidation sites excluding steroid dienone is 5. The highest BCUT2D eigenvalue weighted by Crippen LogP contribution is 2.45. The Hall–Kier alpha value is -4.51. The molecule has 1 aromatic carbocycles. The van der Waals surface area contributed by atoms with Crippen LogP contribution in [0, 0.1) is 5.92 Å². The van der Waals surface area contributed by atoms with Gasteiger partial charge in [-0.15, -0.1) is 10.6 Å². The highest BCUT2D eigenvalue weighted by molar-refractivity contribution is 6.09. The molecule has 0 radical (unpaired) electrons. The predicted molar refractivity (Wildman–Crippen MR) is 167 cm³/mol. The largest absolute Gasteiger partial charge is 0.383 e. The molecule has 2 aromatic rings. The fourth-order valence-electron chi connectivity index (χ4n) is 5.33. The molecule has 0 spiro atoms. The number of amidine groups is 1. The third kappa shape index (κ3) is 6.20. The van der Waals surface area contributed by atoms with Crippen LogP contribution in [0.1, 0.15) is 76.4 Å². The zero-order valence-electron chi connectivity index (χ0n) is 25.0. The molecule has 0 bridgehead atoms. The number of carbonyl (C=O) groups is 2. The SMILES string of the molecule is C=C(C(/C=C\C)=C(/C)C(C)CCC)c1nc(N)c2c(n1)NC(=O)[C@@]2(C)c1ccc(CCC(=O)NCC2=NNNN2)cc1. The smallest absolute Gasteiger partial charge is 0.240 e. The lowest BCUT2D eigenvalue weighted by Crippen LogP contribution is -2.40. The van der Waals surface area contributed by atoms with Gasteiger partial charge in [-0.05, 0) is 56.2 Å². The molecule has 11 nitrogen and oxygen atoms in total. The van der Waals surface area contributed by atoms with Crippen molar-refractivity contribution in [3.8, 4) is 0 Å². The van der Waals surface area contributed by atoms with Crippen molar-refractivity contribution in [1.82, 2.24) is 31.8 Å². The molecule has 0 saturated carbocycles. The van der Waals surface area contributed by atoms with E-state index in [2.05, 4.69) is 64.6 Å². The van der Waals surface area contributed by atoms with Crippen molar-refractivity contribution >= 4 is 34.9 Å². The first-order valence-corrected chi connectivity index (χ1v) is 14.3. The number of rotatable bonds is 12. The molecule has 11 heteroatoms. The van der Waals surface area contributed by atoms with Gasteiger partial charge in [0, 0.05) is 12.0 Å². The number of carbonyl (C=O) groups excluding carboxylic acids is 2. The summed E-state index contributed by atoms with van der Waals surface area (Å²) >= 11 is 0. The lowest BCUT2D eigenvalue weighted by Gasteiger charge is -2.24. The highest BCUT2D eigenvalue weighted by atomic mass is 16.2. The maximum atomic E-state index is 13.4. The van der Waals surface area contributed by atoms with E-state index in [1.165, 1.54) is 5.57 Å². The van der Waals surface area contributed by atoms with E-state index < -0.39 is 5.41 Å². The van der Waals surface area contributed by atoms with Crippen LogP contribution in [0.25, 0.3) is 5.57 Å². The van der Waals surface area contributed by atoms with Crippen molar-refractivity contribution in [1.29, 1.82) is 0 Å². The van der Waals surface area contributed by atoms with E-state index in [0.29, 0.717) is 53.9 Å². The number of hydrazine groups is 2. The number of amides is 2. The van der Waals surface area contributed by atoms with Gasteiger partial charge in [-0.1, -0.05) is 68.8 Å². The van der Waals surface area contributed by atoms with E-state index in [1.807, 2.05) is 50.3 Å². The fraction of sp³-hybridized carbons (Fsp3) is 0.387. The van der Waals surface area contributed by atoms with E-state index in [9.17, 15) is 9.59 Å². The Bertz CT molecular complexity index is 1460. The summed E-state index contributed by atoms with van der Waals surface area (Å²) in [7, 11) is 0. The number of aromatic nitrogens is 2. The van der Waals surface area contributed by atoms with E-state index in [0.717, 1.165) is 29.5 Å². The summed E-state index contributed by atoms with van der Waals surface area (Å²) in [6.45, 7) is 14.9. The minimum atomic E-state index is -1.07. The van der Waals surface area contributed by atoms with Crippen LogP contribution in [-0.4, -0.2) is 34.2 Å². The molecule has 1 unspecified atom stereocenters. The molecular formula is C31H41N9O2. The maximum absolute atomic E-state index is 13.4. The Kier molecular flexibility index (Phi) is 9.41. The van der Waals surface area contributed by atoms with E-state index in [1.54, 1.807) is 0 Å². The zero-order chi connectivity index (χ0) is 30.4. The van der Waals surface area contributed by atoms with Gasteiger partial charge in [0.15, 0.2) is 11.7 Å². The van der Waals surface area contributed by atoms with Gasteiger partial charge < -0.3 is 16.4 Å². The molecule has 1 aromatic heterocycles. The third-order valence-corrected chi connectivity index (χ3v) is 8.02. The van der Waals surface area contributed by atoms with Gasteiger partial charge in [0.2, 0.25) is 11.8 Å². The second-order valence-corrected chi connectivity index (χ2v) is 10.9. The van der Waals surface area contributed by atoms with Crippen LogP contribution in [0.5, 0.6) is 0 Å². The van der Waals surface area contributed by atoms with Crippen molar-refractivity contribution in [3.05, 3.63) is 76.7 Å². The van der Waals surface area contributed by atoms with Crippen molar-refractivity contribution in [3.63, 3.8) is 0 Å². The van der Waals surface area contributed by atoms with E-state index in [-0.39, 0.29) is 17.6 Å². The number of hydrogen-bond acceptors (Lipinski definition) is 9. The summed E-state index contributed by atoms with van der Waals surface area (Å²) in [5, 5.41) is 9.68. The molecule has 0 saturated heterocycles. The number of aryl methyl sites for hydroxylation is 1. The van der Waals surface area contributed by atoms with Crippen LogP contribution in [0.15, 0.2) is 59.2 Å². The third-order valence-electron chi connectivity index (χ3n) is 8.02. The van der Waals surface area contributed by atoms with E-state index in [4.69, 9.17) is 10.7 Å². The number of nitrogens with zero attached hydrogens (tertiary/aromatic N) is 3. The highest BCUT2D eigenvalue weighted by Gasteiger charge is 2.47. The topological polar surface area (TPSA) is 158 Å². The molecule has 42 heavy (non-hydrogen) atoms. The first kappa shape index (κ1) is 30.4.